The third kappa shape index (κ3) is 3.41. The van der Waals surface area contributed by atoms with Gasteiger partial charge in [-0.1, -0.05) is 37.0 Å². The van der Waals surface area contributed by atoms with E-state index in [0.717, 1.165) is 5.69 Å². The highest BCUT2D eigenvalue weighted by molar-refractivity contribution is 6.55. The number of anilines is 1. The molecule has 27 heavy (non-hydrogen) atoms. The number of piperazine rings is 1. The molecule has 8 heteroatoms. The summed E-state index contributed by atoms with van der Waals surface area (Å²) >= 11 is 11.6. The monoisotopic (exact) mass is 408 g/mol. The second-order valence-electron chi connectivity index (χ2n) is 7.86. The molecule has 144 valence electrons. The maximum Gasteiger partial charge on any atom is 0.300 e. The number of aromatic nitrogens is 2. The number of fused-ring (bicyclic) bond motifs is 1. The molecule has 0 spiro atoms. The Balaban J connectivity index is 1.41. The van der Waals surface area contributed by atoms with Crippen LogP contribution < -0.4 is 4.90 Å². The van der Waals surface area contributed by atoms with Gasteiger partial charge in [-0.25, -0.2) is 4.98 Å². The van der Waals surface area contributed by atoms with Crippen LogP contribution in [0.1, 0.15) is 19.5 Å². The molecule has 2 unspecified atom stereocenters. The predicted octanol–water partition coefficient (Wildman–Crippen LogP) is 3.77. The van der Waals surface area contributed by atoms with Gasteiger partial charge in [-0.2, -0.15) is 4.98 Å². The van der Waals surface area contributed by atoms with Crippen LogP contribution in [0.3, 0.4) is 0 Å². The standard InChI is InChI=1S/C19H22Cl2N4O2/c1-11-4-5-13-16(22-11)23-18(27-13)25-8-6-24(7-9-25)17(26)15-12(10-14(20)21)19(15,2)3/h4-5,10,12,15H,6-9H2,1-3H3. The number of hydrogen-bond donors (Lipinski definition) is 0. The van der Waals surface area contributed by atoms with Crippen molar-refractivity contribution in [2.24, 2.45) is 17.3 Å². The zero-order chi connectivity index (χ0) is 19.3. The Hall–Kier alpha value is -1.79. The summed E-state index contributed by atoms with van der Waals surface area (Å²) in [5, 5.41) is 0. The van der Waals surface area contributed by atoms with Gasteiger partial charge in [0, 0.05) is 31.9 Å². The summed E-state index contributed by atoms with van der Waals surface area (Å²) in [4.78, 5) is 25.8. The molecule has 1 aliphatic carbocycles. The number of nitrogens with zero attached hydrogens (tertiary/aromatic N) is 4. The number of carbonyl (C=O) groups is 1. The summed E-state index contributed by atoms with van der Waals surface area (Å²) in [7, 11) is 0. The van der Waals surface area contributed by atoms with Crippen LogP contribution in [0, 0.1) is 24.2 Å². The van der Waals surface area contributed by atoms with Gasteiger partial charge in [0.1, 0.15) is 4.49 Å². The molecule has 2 aliphatic rings. The molecular weight excluding hydrogens is 387 g/mol. The van der Waals surface area contributed by atoms with Crippen molar-refractivity contribution in [1.82, 2.24) is 14.9 Å². The third-order valence-corrected chi connectivity index (χ3v) is 5.98. The van der Waals surface area contributed by atoms with Gasteiger partial charge in [-0.3, -0.25) is 4.79 Å². The van der Waals surface area contributed by atoms with Crippen LogP contribution in [0.2, 0.25) is 0 Å². The molecular formula is C19H22Cl2N4O2. The van der Waals surface area contributed by atoms with Gasteiger partial charge in [0.2, 0.25) is 11.6 Å². The van der Waals surface area contributed by atoms with Crippen molar-refractivity contribution in [1.29, 1.82) is 0 Å². The van der Waals surface area contributed by atoms with Crippen molar-refractivity contribution in [2.45, 2.75) is 20.8 Å². The van der Waals surface area contributed by atoms with Crippen LogP contribution in [-0.4, -0.2) is 47.0 Å². The first-order chi connectivity index (χ1) is 12.8. The van der Waals surface area contributed by atoms with E-state index in [1.807, 2.05) is 24.0 Å². The lowest BCUT2D eigenvalue weighted by Gasteiger charge is -2.34. The number of aryl methyl sites for hydroxylation is 1. The second-order valence-corrected chi connectivity index (χ2v) is 8.87. The molecule has 2 aromatic heterocycles. The summed E-state index contributed by atoms with van der Waals surface area (Å²) in [5.41, 5.74) is 2.11. The molecule has 1 saturated heterocycles. The molecule has 2 aromatic rings. The number of oxazole rings is 1. The van der Waals surface area contributed by atoms with Crippen molar-refractivity contribution < 1.29 is 9.21 Å². The molecule has 0 aromatic carbocycles. The van der Waals surface area contributed by atoms with E-state index in [9.17, 15) is 4.79 Å². The highest BCUT2D eigenvalue weighted by atomic mass is 35.5. The number of hydrogen-bond acceptors (Lipinski definition) is 5. The summed E-state index contributed by atoms with van der Waals surface area (Å²) < 4.78 is 6.05. The van der Waals surface area contributed by atoms with Gasteiger partial charge >= 0.3 is 0 Å². The van der Waals surface area contributed by atoms with Crippen LogP contribution in [-0.2, 0) is 4.79 Å². The molecule has 0 bridgehead atoms. The van der Waals surface area contributed by atoms with Crippen molar-refractivity contribution in [3.63, 3.8) is 0 Å². The zero-order valence-electron chi connectivity index (χ0n) is 15.6. The number of rotatable bonds is 3. The van der Waals surface area contributed by atoms with Crippen LogP contribution >= 0.6 is 23.2 Å². The van der Waals surface area contributed by atoms with Crippen molar-refractivity contribution in [3.8, 4) is 0 Å². The summed E-state index contributed by atoms with van der Waals surface area (Å²) in [6.45, 7) is 8.73. The Kier molecular flexibility index (Phi) is 4.59. The molecule has 3 heterocycles. The molecule has 1 aliphatic heterocycles. The number of carbonyl (C=O) groups excluding carboxylic acids is 1. The first kappa shape index (κ1) is 18.6. The topological polar surface area (TPSA) is 62.5 Å². The molecule has 1 saturated carbocycles. The fraction of sp³-hybridized carbons (Fsp3) is 0.526. The maximum atomic E-state index is 12.9. The van der Waals surface area contributed by atoms with E-state index in [1.165, 1.54) is 0 Å². The van der Waals surface area contributed by atoms with Crippen molar-refractivity contribution in [2.75, 3.05) is 31.1 Å². The molecule has 1 amide bonds. The Bertz CT molecular complexity index is 912. The van der Waals surface area contributed by atoms with E-state index < -0.39 is 0 Å². The maximum absolute atomic E-state index is 12.9. The Morgan fingerprint density at radius 1 is 1.22 bits per heavy atom. The van der Waals surface area contributed by atoms with E-state index in [2.05, 4.69) is 28.7 Å². The fourth-order valence-corrected chi connectivity index (χ4v) is 4.22. The van der Waals surface area contributed by atoms with E-state index >= 15 is 0 Å². The molecule has 6 nitrogen and oxygen atoms in total. The van der Waals surface area contributed by atoms with E-state index in [-0.39, 0.29) is 27.6 Å². The lowest BCUT2D eigenvalue weighted by atomic mass is 10.1. The lowest BCUT2D eigenvalue weighted by Crippen LogP contribution is -2.49. The smallest absolute Gasteiger partial charge is 0.300 e. The quantitative estimate of drug-likeness (QED) is 0.773. The Morgan fingerprint density at radius 2 is 1.93 bits per heavy atom. The first-order valence-electron chi connectivity index (χ1n) is 9.08. The minimum absolute atomic E-state index is 0.0620. The summed E-state index contributed by atoms with van der Waals surface area (Å²) in [6.07, 6.45) is 1.79. The number of allylic oxidation sites excluding steroid dienone is 1. The van der Waals surface area contributed by atoms with Crippen LogP contribution in [0.5, 0.6) is 0 Å². The van der Waals surface area contributed by atoms with Gasteiger partial charge in [0.25, 0.3) is 6.01 Å². The molecule has 2 atom stereocenters. The number of halogens is 2. The highest BCUT2D eigenvalue weighted by Gasteiger charge is 2.61. The average Bonchev–Trinajstić information content (AvgIpc) is 2.96. The van der Waals surface area contributed by atoms with Crippen LogP contribution in [0.4, 0.5) is 6.01 Å². The minimum Gasteiger partial charge on any atom is -0.422 e. The molecule has 2 fully saturated rings. The second kappa shape index (κ2) is 6.67. The zero-order valence-corrected chi connectivity index (χ0v) is 17.1. The van der Waals surface area contributed by atoms with Crippen LogP contribution in [0.25, 0.3) is 11.2 Å². The fourth-order valence-electron chi connectivity index (χ4n) is 3.95. The van der Waals surface area contributed by atoms with Crippen LogP contribution in [0.15, 0.2) is 27.1 Å². The molecule has 0 N–H and O–H groups in total. The normalized spacial score (nSPS) is 24.2. The predicted molar refractivity (Wildman–Crippen MR) is 106 cm³/mol. The average molecular weight is 409 g/mol. The van der Waals surface area contributed by atoms with Gasteiger partial charge in [-0.05, 0) is 36.5 Å². The minimum atomic E-state index is -0.104. The summed E-state index contributed by atoms with van der Waals surface area (Å²) in [5.74, 6) is 0.206. The number of pyridine rings is 1. The van der Waals surface area contributed by atoms with Crippen molar-refractivity contribution in [3.05, 3.63) is 28.4 Å². The Morgan fingerprint density at radius 3 is 2.59 bits per heavy atom. The van der Waals surface area contributed by atoms with Gasteiger partial charge < -0.3 is 14.2 Å². The largest absolute Gasteiger partial charge is 0.422 e. The van der Waals surface area contributed by atoms with E-state index in [0.29, 0.717) is 43.4 Å². The van der Waals surface area contributed by atoms with Gasteiger partial charge in [0.15, 0.2) is 5.58 Å². The number of amides is 1. The van der Waals surface area contributed by atoms with E-state index in [1.54, 1.807) is 6.08 Å². The highest BCUT2D eigenvalue weighted by Crippen LogP contribution is 2.60. The van der Waals surface area contributed by atoms with Gasteiger partial charge in [-0.15, -0.1) is 0 Å². The lowest BCUT2D eigenvalue weighted by molar-refractivity contribution is -0.133. The Labute approximate surface area is 168 Å². The molecule has 4 rings (SSSR count). The first-order valence-corrected chi connectivity index (χ1v) is 9.83. The molecule has 0 radical (unpaired) electrons. The summed E-state index contributed by atoms with van der Waals surface area (Å²) in [6, 6.07) is 4.36. The van der Waals surface area contributed by atoms with E-state index in [4.69, 9.17) is 27.6 Å². The third-order valence-electron chi connectivity index (χ3n) is 5.73. The van der Waals surface area contributed by atoms with Crippen molar-refractivity contribution >= 4 is 46.4 Å². The van der Waals surface area contributed by atoms with Gasteiger partial charge in [0.05, 0.1) is 5.92 Å². The SMILES string of the molecule is Cc1ccc2oc(N3CCN(C(=O)C4C(C=C(Cl)Cl)C4(C)C)CC3)nc2n1.